The van der Waals surface area contributed by atoms with E-state index in [9.17, 15) is 4.39 Å². The summed E-state index contributed by atoms with van der Waals surface area (Å²) < 4.78 is 13.0. The number of benzene rings is 1. The van der Waals surface area contributed by atoms with E-state index in [1.165, 1.54) is 12.1 Å². The van der Waals surface area contributed by atoms with E-state index in [2.05, 4.69) is 15.6 Å². The SMILES string of the molecule is CNCc1cccnc1Nc1cccc(F)c1. The number of nitrogens with one attached hydrogen (secondary N) is 2. The summed E-state index contributed by atoms with van der Waals surface area (Å²) in [5.74, 6) is 0.480. The van der Waals surface area contributed by atoms with Crippen LogP contribution in [0.5, 0.6) is 0 Å². The van der Waals surface area contributed by atoms with Crippen molar-refractivity contribution in [1.29, 1.82) is 0 Å². The van der Waals surface area contributed by atoms with Crippen LogP contribution in [0.15, 0.2) is 42.6 Å². The zero-order valence-corrected chi connectivity index (χ0v) is 9.57. The fourth-order valence-electron chi connectivity index (χ4n) is 1.59. The average molecular weight is 231 g/mol. The van der Waals surface area contributed by atoms with E-state index in [1.54, 1.807) is 18.3 Å². The zero-order valence-electron chi connectivity index (χ0n) is 9.57. The van der Waals surface area contributed by atoms with Crippen molar-refractivity contribution in [3.63, 3.8) is 0 Å². The molecule has 0 aliphatic rings. The molecule has 2 N–H and O–H groups in total. The molecule has 17 heavy (non-hydrogen) atoms. The van der Waals surface area contributed by atoms with Gasteiger partial charge in [-0.1, -0.05) is 12.1 Å². The quantitative estimate of drug-likeness (QED) is 0.849. The van der Waals surface area contributed by atoms with Crippen LogP contribution in [0.25, 0.3) is 0 Å². The van der Waals surface area contributed by atoms with Crippen LogP contribution < -0.4 is 10.6 Å². The summed E-state index contributed by atoms with van der Waals surface area (Å²) in [5.41, 5.74) is 1.74. The van der Waals surface area contributed by atoms with Crippen molar-refractivity contribution in [3.05, 3.63) is 54.0 Å². The summed E-state index contributed by atoms with van der Waals surface area (Å²) in [6.45, 7) is 0.714. The second kappa shape index (κ2) is 5.41. The van der Waals surface area contributed by atoms with Crippen LogP contribution in [-0.4, -0.2) is 12.0 Å². The molecule has 0 atom stereocenters. The highest BCUT2D eigenvalue weighted by Gasteiger charge is 2.03. The molecule has 0 spiro atoms. The predicted octanol–water partition coefficient (Wildman–Crippen LogP) is 2.68. The number of anilines is 2. The largest absolute Gasteiger partial charge is 0.340 e. The van der Waals surface area contributed by atoms with Gasteiger partial charge in [0.15, 0.2) is 0 Å². The van der Waals surface area contributed by atoms with Crippen molar-refractivity contribution < 1.29 is 4.39 Å². The third-order valence-corrected chi connectivity index (χ3v) is 2.35. The lowest BCUT2D eigenvalue weighted by Crippen LogP contribution is -2.08. The average Bonchev–Trinajstić information content (AvgIpc) is 2.32. The van der Waals surface area contributed by atoms with Gasteiger partial charge in [-0.3, -0.25) is 0 Å². The summed E-state index contributed by atoms with van der Waals surface area (Å²) in [7, 11) is 1.87. The molecular weight excluding hydrogens is 217 g/mol. The number of halogens is 1. The van der Waals surface area contributed by atoms with Crippen LogP contribution in [0.1, 0.15) is 5.56 Å². The number of aromatic nitrogens is 1. The van der Waals surface area contributed by atoms with Crippen molar-refractivity contribution in [2.24, 2.45) is 0 Å². The van der Waals surface area contributed by atoms with E-state index in [0.29, 0.717) is 12.2 Å². The van der Waals surface area contributed by atoms with Gasteiger partial charge in [-0.2, -0.15) is 0 Å². The molecule has 0 aliphatic carbocycles. The van der Waals surface area contributed by atoms with E-state index >= 15 is 0 Å². The van der Waals surface area contributed by atoms with Gasteiger partial charge in [0.2, 0.25) is 0 Å². The standard InChI is InChI=1S/C13H14FN3/c1-15-9-10-4-3-7-16-13(10)17-12-6-2-5-11(14)8-12/h2-8,15H,9H2,1H3,(H,16,17). The minimum absolute atomic E-state index is 0.263. The Morgan fingerprint density at radius 3 is 2.88 bits per heavy atom. The highest BCUT2D eigenvalue weighted by atomic mass is 19.1. The van der Waals surface area contributed by atoms with E-state index in [4.69, 9.17) is 0 Å². The Hall–Kier alpha value is -1.94. The lowest BCUT2D eigenvalue weighted by Gasteiger charge is -2.10. The van der Waals surface area contributed by atoms with Gasteiger partial charge < -0.3 is 10.6 Å². The smallest absolute Gasteiger partial charge is 0.134 e. The first-order valence-corrected chi connectivity index (χ1v) is 5.40. The van der Waals surface area contributed by atoms with Crippen molar-refractivity contribution in [2.45, 2.75) is 6.54 Å². The van der Waals surface area contributed by atoms with Gasteiger partial charge >= 0.3 is 0 Å². The first-order chi connectivity index (χ1) is 8.29. The van der Waals surface area contributed by atoms with Crippen LogP contribution in [0, 0.1) is 5.82 Å². The Morgan fingerprint density at radius 1 is 1.24 bits per heavy atom. The Morgan fingerprint density at radius 2 is 2.12 bits per heavy atom. The van der Waals surface area contributed by atoms with Gasteiger partial charge in [-0.05, 0) is 31.3 Å². The van der Waals surface area contributed by atoms with Crippen LogP contribution in [0.4, 0.5) is 15.9 Å². The Labute approximate surface area is 99.7 Å². The van der Waals surface area contributed by atoms with E-state index in [0.717, 1.165) is 11.4 Å². The monoisotopic (exact) mass is 231 g/mol. The number of pyridine rings is 1. The Balaban J connectivity index is 2.23. The summed E-state index contributed by atoms with van der Waals surface area (Å²) in [6.07, 6.45) is 1.71. The maximum absolute atomic E-state index is 13.0. The van der Waals surface area contributed by atoms with Gasteiger partial charge in [-0.25, -0.2) is 9.37 Å². The van der Waals surface area contributed by atoms with Crippen molar-refractivity contribution in [1.82, 2.24) is 10.3 Å². The molecule has 2 aromatic rings. The number of rotatable bonds is 4. The molecular formula is C13H14FN3. The molecule has 88 valence electrons. The molecule has 0 fully saturated rings. The molecule has 1 heterocycles. The highest BCUT2D eigenvalue weighted by molar-refractivity contribution is 5.59. The summed E-state index contributed by atoms with van der Waals surface area (Å²) >= 11 is 0. The third-order valence-electron chi connectivity index (χ3n) is 2.35. The van der Waals surface area contributed by atoms with Crippen LogP contribution in [0.2, 0.25) is 0 Å². The van der Waals surface area contributed by atoms with Gasteiger partial charge in [0, 0.05) is 24.0 Å². The van der Waals surface area contributed by atoms with E-state index in [1.807, 2.05) is 19.2 Å². The molecule has 0 aliphatic heterocycles. The van der Waals surface area contributed by atoms with Crippen LogP contribution in [0.3, 0.4) is 0 Å². The molecule has 0 saturated carbocycles. The minimum atomic E-state index is -0.263. The maximum Gasteiger partial charge on any atom is 0.134 e. The first kappa shape index (κ1) is 11.5. The fourth-order valence-corrected chi connectivity index (χ4v) is 1.59. The predicted molar refractivity (Wildman–Crippen MR) is 66.7 cm³/mol. The Bertz CT molecular complexity index is 500. The summed E-state index contributed by atoms with van der Waals surface area (Å²) in [4.78, 5) is 4.25. The van der Waals surface area contributed by atoms with Gasteiger partial charge in [0.1, 0.15) is 11.6 Å². The normalized spacial score (nSPS) is 10.2. The second-order valence-corrected chi connectivity index (χ2v) is 3.68. The summed E-state index contributed by atoms with van der Waals surface area (Å²) in [5, 5.41) is 6.17. The lowest BCUT2D eigenvalue weighted by atomic mass is 10.2. The van der Waals surface area contributed by atoms with Crippen LogP contribution in [-0.2, 0) is 6.54 Å². The molecule has 0 unspecified atom stereocenters. The first-order valence-electron chi connectivity index (χ1n) is 5.40. The number of hydrogen-bond acceptors (Lipinski definition) is 3. The molecule has 0 bridgehead atoms. The topological polar surface area (TPSA) is 37.0 Å². The minimum Gasteiger partial charge on any atom is -0.340 e. The van der Waals surface area contributed by atoms with E-state index in [-0.39, 0.29) is 5.82 Å². The maximum atomic E-state index is 13.0. The van der Waals surface area contributed by atoms with Gasteiger partial charge in [-0.15, -0.1) is 0 Å². The molecule has 1 aromatic carbocycles. The highest BCUT2D eigenvalue weighted by Crippen LogP contribution is 2.18. The van der Waals surface area contributed by atoms with Crippen molar-refractivity contribution in [2.75, 3.05) is 12.4 Å². The van der Waals surface area contributed by atoms with Crippen molar-refractivity contribution >= 4 is 11.5 Å². The number of nitrogens with zero attached hydrogens (tertiary/aromatic N) is 1. The second-order valence-electron chi connectivity index (χ2n) is 3.68. The number of hydrogen-bond donors (Lipinski definition) is 2. The zero-order chi connectivity index (χ0) is 12.1. The van der Waals surface area contributed by atoms with Gasteiger partial charge in [0.05, 0.1) is 0 Å². The molecule has 1 aromatic heterocycles. The lowest BCUT2D eigenvalue weighted by molar-refractivity contribution is 0.628. The molecule has 0 radical (unpaired) electrons. The molecule has 0 saturated heterocycles. The fraction of sp³-hybridized carbons (Fsp3) is 0.154. The summed E-state index contributed by atoms with van der Waals surface area (Å²) in [6, 6.07) is 10.2. The molecule has 0 amide bonds. The molecule has 3 nitrogen and oxygen atoms in total. The van der Waals surface area contributed by atoms with Crippen molar-refractivity contribution in [3.8, 4) is 0 Å². The Kier molecular flexibility index (Phi) is 3.67. The van der Waals surface area contributed by atoms with Gasteiger partial charge in [0.25, 0.3) is 0 Å². The van der Waals surface area contributed by atoms with E-state index < -0.39 is 0 Å². The third kappa shape index (κ3) is 3.01. The molecule has 4 heteroatoms. The molecule has 2 rings (SSSR count). The van der Waals surface area contributed by atoms with Crippen LogP contribution >= 0.6 is 0 Å².